The molecular formula is C17H25NO2. The summed E-state index contributed by atoms with van der Waals surface area (Å²) in [4.78, 5) is 14.0. The summed E-state index contributed by atoms with van der Waals surface area (Å²) in [5.41, 5.74) is 2.54. The van der Waals surface area contributed by atoms with E-state index in [1.165, 1.54) is 11.1 Å². The molecular weight excluding hydrogens is 250 g/mol. The first-order valence-corrected chi connectivity index (χ1v) is 7.63. The van der Waals surface area contributed by atoms with Gasteiger partial charge in [-0.3, -0.25) is 4.79 Å². The van der Waals surface area contributed by atoms with Crippen molar-refractivity contribution in [2.24, 2.45) is 5.92 Å². The summed E-state index contributed by atoms with van der Waals surface area (Å²) in [5, 5.41) is 9.85. The van der Waals surface area contributed by atoms with Gasteiger partial charge in [0.1, 0.15) is 0 Å². The minimum atomic E-state index is -0.364. The fourth-order valence-corrected chi connectivity index (χ4v) is 2.63. The predicted octanol–water partition coefficient (Wildman–Crippen LogP) is 2.41. The van der Waals surface area contributed by atoms with Gasteiger partial charge in [0.05, 0.1) is 6.10 Å². The van der Waals surface area contributed by atoms with Crippen LogP contribution in [-0.4, -0.2) is 35.1 Å². The van der Waals surface area contributed by atoms with E-state index in [0.29, 0.717) is 18.9 Å². The van der Waals surface area contributed by atoms with E-state index in [1.807, 2.05) is 11.8 Å². The van der Waals surface area contributed by atoms with Crippen LogP contribution >= 0.6 is 0 Å². The van der Waals surface area contributed by atoms with Crippen molar-refractivity contribution in [2.45, 2.75) is 45.6 Å². The van der Waals surface area contributed by atoms with Crippen LogP contribution in [-0.2, 0) is 17.6 Å². The van der Waals surface area contributed by atoms with E-state index >= 15 is 0 Å². The Hall–Kier alpha value is -1.35. The highest BCUT2D eigenvalue weighted by atomic mass is 16.3. The maximum absolute atomic E-state index is 12.2. The fourth-order valence-electron chi connectivity index (χ4n) is 2.63. The van der Waals surface area contributed by atoms with Crippen LogP contribution in [0.2, 0.25) is 0 Å². The van der Waals surface area contributed by atoms with Crippen LogP contribution < -0.4 is 0 Å². The Balaban J connectivity index is 1.82. The molecule has 1 amide bonds. The van der Waals surface area contributed by atoms with Crippen molar-refractivity contribution in [3.8, 4) is 0 Å². The number of benzene rings is 1. The van der Waals surface area contributed by atoms with E-state index in [-0.39, 0.29) is 12.0 Å². The number of β-amino-alcohol motifs (C(OH)–C–C–N with tert-alkyl or cyclic N) is 1. The molecule has 0 spiro atoms. The van der Waals surface area contributed by atoms with E-state index < -0.39 is 0 Å². The molecule has 1 aliphatic rings. The molecule has 1 aromatic carbocycles. The van der Waals surface area contributed by atoms with Crippen molar-refractivity contribution >= 4 is 5.91 Å². The number of carbonyl (C=O) groups excluding carboxylic acids is 1. The minimum absolute atomic E-state index is 0.163. The van der Waals surface area contributed by atoms with Crippen molar-refractivity contribution in [3.63, 3.8) is 0 Å². The number of piperidine rings is 1. The van der Waals surface area contributed by atoms with Gasteiger partial charge in [0, 0.05) is 19.5 Å². The third kappa shape index (κ3) is 3.83. The molecule has 0 radical (unpaired) electrons. The van der Waals surface area contributed by atoms with Gasteiger partial charge in [-0.2, -0.15) is 0 Å². The molecule has 2 unspecified atom stereocenters. The number of hydrogen-bond donors (Lipinski definition) is 1. The molecule has 3 heteroatoms. The molecule has 1 N–H and O–H groups in total. The number of aryl methyl sites for hydroxylation is 2. The van der Waals surface area contributed by atoms with Gasteiger partial charge in [-0.1, -0.05) is 38.1 Å². The van der Waals surface area contributed by atoms with E-state index in [2.05, 4.69) is 31.2 Å². The topological polar surface area (TPSA) is 40.5 Å². The van der Waals surface area contributed by atoms with E-state index in [1.54, 1.807) is 0 Å². The van der Waals surface area contributed by atoms with Gasteiger partial charge in [-0.25, -0.2) is 0 Å². The van der Waals surface area contributed by atoms with Crippen LogP contribution in [0.5, 0.6) is 0 Å². The largest absolute Gasteiger partial charge is 0.391 e. The summed E-state index contributed by atoms with van der Waals surface area (Å²) in [5.74, 6) is 0.469. The Morgan fingerprint density at radius 2 is 1.95 bits per heavy atom. The zero-order chi connectivity index (χ0) is 14.5. The van der Waals surface area contributed by atoms with E-state index in [4.69, 9.17) is 0 Å². The van der Waals surface area contributed by atoms with Crippen LogP contribution in [0.25, 0.3) is 0 Å². The maximum Gasteiger partial charge on any atom is 0.222 e. The third-order valence-corrected chi connectivity index (χ3v) is 4.33. The highest BCUT2D eigenvalue weighted by molar-refractivity contribution is 5.76. The number of rotatable bonds is 4. The number of carbonyl (C=O) groups is 1. The lowest BCUT2D eigenvalue weighted by Gasteiger charge is -2.34. The van der Waals surface area contributed by atoms with Crippen molar-refractivity contribution in [3.05, 3.63) is 35.4 Å². The predicted molar refractivity (Wildman–Crippen MR) is 80.5 cm³/mol. The van der Waals surface area contributed by atoms with Gasteiger partial charge in [0.2, 0.25) is 5.91 Å². The number of amides is 1. The monoisotopic (exact) mass is 275 g/mol. The number of aliphatic hydroxyl groups excluding tert-OH is 1. The molecule has 1 aromatic rings. The normalized spacial score (nSPS) is 22.9. The van der Waals surface area contributed by atoms with Gasteiger partial charge < -0.3 is 10.0 Å². The standard InChI is InChI=1S/C17H25NO2/c1-3-14-4-6-15(7-5-14)8-9-17(20)18-11-10-13(2)16(19)12-18/h4-7,13,16,19H,3,8-12H2,1-2H3. The molecule has 1 fully saturated rings. The van der Waals surface area contributed by atoms with Crippen molar-refractivity contribution in [1.82, 2.24) is 4.90 Å². The number of nitrogens with zero attached hydrogens (tertiary/aromatic N) is 1. The molecule has 20 heavy (non-hydrogen) atoms. The first-order chi connectivity index (χ1) is 9.60. The van der Waals surface area contributed by atoms with Crippen LogP contribution in [0.15, 0.2) is 24.3 Å². The molecule has 1 aliphatic heterocycles. The van der Waals surface area contributed by atoms with Crippen LogP contribution in [0.3, 0.4) is 0 Å². The van der Waals surface area contributed by atoms with Crippen LogP contribution in [0.4, 0.5) is 0 Å². The van der Waals surface area contributed by atoms with E-state index in [9.17, 15) is 9.90 Å². The second-order valence-electron chi connectivity index (χ2n) is 5.84. The summed E-state index contributed by atoms with van der Waals surface area (Å²) in [6.45, 7) is 5.46. The second-order valence-corrected chi connectivity index (χ2v) is 5.84. The summed E-state index contributed by atoms with van der Waals surface area (Å²) in [6, 6.07) is 8.48. The zero-order valence-corrected chi connectivity index (χ0v) is 12.5. The Morgan fingerprint density at radius 1 is 1.30 bits per heavy atom. The molecule has 3 nitrogen and oxygen atoms in total. The summed E-state index contributed by atoms with van der Waals surface area (Å²) in [7, 11) is 0. The molecule has 110 valence electrons. The molecule has 1 heterocycles. The molecule has 0 saturated carbocycles. The van der Waals surface area contributed by atoms with Gasteiger partial charge in [0.25, 0.3) is 0 Å². The van der Waals surface area contributed by atoms with Crippen molar-refractivity contribution in [2.75, 3.05) is 13.1 Å². The molecule has 1 saturated heterocycles. The Morgan fingerprint density at radius 3 is 2.55 bits per heavy atom. The molecule has 0 aromatic heterocycles. The van der Waals surface area contributed by atoms with Crippen LogP contribution in [0.1, 0.15) is 37.8 Å². The summed E-state index contributed by atoms with van der Waals surface area (Å²) in [6.07, 6.45) is 2.90. The SMILES string of the molecule is CCc1ccc(CCC(=O)N2CCC(C)C(O)C2)cc1. The first kappa shape index (κ1) is 15.0. The third-order valence-electron chi connectivity index (χ3n) is 4.33. The summed E-state index contributed by atoms with van der Waals surface area (Å²) < 4.78 is 0. The Bertz CT molecular complexity index is 441. The van der Waals surface area contributed by atoms with Gasteiger partial charge in [-0.15, -0.1) is 0 Å². The highest BCUT2D eigenvalue weighted by Gasteiger charge is 2.26. The van der Waals surface area contributed by atoms with Crippen molar-refractivity contribution in [1.29, 1.82) is 0 Å². The highest BCUT2D eigenvalue weighted by Crippen LogP contribution is 2.18. The Kier molecular flexibility index (Phi) is 5.18. The zero-order valence-electron chi connectivity index (χ0n) is 12.5. The lowest BCUT2D eigenvalue weighted by atomic mass is 9.95. The molecule has 2 rings (SSSR count). The lowest BCUT2D eigenvalue weighted by Crippen LogP contribution is -2.45. The average Bonchev–Trinajstić information content (AvgIpc) is 2.48. The molecule has 0 bridgehead atoms. The summed E-state index contributed by atoms with van der Waals surface area (Å²) >= 11 is 0. The smallest absolute Gasteiger partial charge is 0.222 e. The fraction of sp³-hybridized carbons (Fsp3) is 0.588. The Labute approximate surface area is 121 Å². The quantitative estimate of drug-likeness (QED) is 0.916. The number of hydrogen-bond acceptors (Lipinski definition) is 2. The number of aliphatic hydroxyl groups is 1. The van der Waals surface area contributed by atoms with E-state index in [0.717, 1.165) is 25.8 Å². The van der Waals surface area contributed by atoms with Gasteiger partial charge >= 0.3 is 0 Å². The maximum atomic E-state index is 12.2. The molecule has 2 atom stereocenters. The number of likely N-dealkylation sites (tertiary alicyclic amines) is 1. The first-order valence-electron chi connectivity index (χ1n) is 7.63. The molecule has 0 aliphatic carbocycles. The van der Waals surface area contributed by atoms with Gasteiger partial charge in [-0.05, 0) is 36.3 Å². The second kappa shape index (κ2) is 6.89. The van der Waals surface area contributed by atoms with Crippen molar-refractivity contribution < 1.29 is 9.90 Å². The minimum Gasteiger partial charge on any atom is -0.391 e. The lowest BCUT2D eigenvalue weighted by molar-refractivity contribution is -0.135. The average molecular weight is 275 g/mol. The van der Waals surface area contributed by atoms with Gasteiger partial charge in [0.15, 0.2) is 0 Å². The van der Waals surface area contributed by atoms with Crippen LogP contribution in [0, 0.1) is 5.92 Å².